The van der Waals surface area contributed by atoms with Gasteiger partial charge >= 0.3 is 0 Å². The number of benzene rings is 1. The summed E-state index contributed by atoms with van der Waals surface area (Å²) in [6.07, 6.45) is 1.21. The highest BCUT2D eigenvalue weighted by Crippen LogP contribution is 2.20. The molecule has 1 aromatic rings. The quantitative estimate of drug-likeness (QED) is 0.856. The van der Waals surface area contributed by atoms with Crippen LogP contribution in [0.1, 0.15) is 19.4 Å². The van der Waals surface area contributed by atoms with Crippen LogP contribution in [0, 0.1) is 0 Å². The number of hydrogen-bond donors (Lipinski definition) is 0. The summed E-state index contributed by atoms with van der Waals surface area (Å²) in [5.74, 6) is -0.293. The largest absolute Gasteiger partial charge is 0.298 e. The Kier molecular flexibility index (Phi) is 4.15. The van der Waals surface area contributed by atoms with Gasteiger partial charge in [0.15, 0.2) is 15.6 Å². The summed E-state index contributed by atoms with van der Waals surface area (Å²) in [5, 5.41) is 0. The normalized spacial score (nSPS) is 12.5. The second-order valence-electron chi connectivity index (χ2n) is 4.51. The van der Waals surface area contributed by atoms with Crippen LogP contribution in [-0.4, -0.2) is 25.2 Å². The van der Waals surface area contributed by atoms with Gasteiger partial charge in [0, 0.05) is 17.1 Å². The molecular formula is C12H15BrO3S. The van der Waals surface area contributed by atoms with Gasteiger partial charge in [-0.3, -0.25) is 4.79 Å². The van der Waals surface area contributed by atoms with E-state index in [9.17, 15) is 13.2 Å². The topological polar surface area (TPSA) is 51.2 Å². The van der Waals surface area contributed by atoms with Crippen LogP contribution in [0.5, 0.6) is 0 Å². The molecule has 0 unspecified atom stereocenters. The molecule has 0 atom stereocenters. The van der Waals surface area contributed by atoms with Crippen molar-refractivity contribution >= 4 is 31.6 Å². The van der Waals surface area contributed by atoms with Crippen molar-refractivity contribution in [2.45, 2.75) is 25.0 Å². The van der Waals surface area contributed by atoms with Gasteiger partial charge in [-0.25, -0.2) is 8.42 Å². The summed E-state index contributed by atoms with van der Waals surface area (Å²) < 4.78 is 22.6. The highest BCUT2D eigenvalue weighted by atomic mass is 79.9. The van der Waals surface area contributed by atoms with E-state index in [1.54, 1.807) is 6.07 Å². The molecule has 0 fully saturated rings. The van der Waals surface area contributed by atoms with Gasteiger partial charge < -0.3 is 0 Å². The van der Waals surface area contributed by atoms with Gasteiger partial charge in [-0.2, -0.15) is 0 Å². The number of carbonyl (C=O) groups excluding carboxylic acids is 1. The Labute approximate surface area is 110 Å². The first-order valence-corrected chi connectivity index (χ1v) is 7.80. The lowest BCUT2D eigenvalue weighted by Crippen LogP contribution is -2.40. The van der Waals surface area contributed by atoms with Gasteiger partial charge in [0.2, 0.25) is 0 Å². The second kappa shape index (κ2) is 4.90. The van der Waals surface area contributed by atoms with Crippen molar-refractivity contribution in [1.82, 2.24) is 0 Å². The number of hydrogen-bond acceptors (Lipinski definition) is 3. The van der Waals surface area contributed by atoms with Crippen molar-refractivity contribution in [2.75, 3.05) is 6.26 Å². The van der Waals surface area contributed by atoms with Gasteiger partial charge in [0.05, 0.1) is 0 Å². The maximum absolute atomic E-state index is 12.0. The third-order valence-corrected chi connectivity index (χ3v) is 5.43. The first-order chi connectivity index (χ1) is 7.64. The molecule has 0 aliphatic rings. The molecule has 0 aliphatic carbocycles. The first kappa shape index (κ1) is 14.4. The lowest BCUT2D eigenvalue weighted by Gasteiger charge is -2.20. The molecule has 0 amide bonds. The number of carbonyl (C=O) groups is 1. The third-order valence-electron chi connectivity index (χ3n) is 2.85. The summed E-state index contributed by atoms with van der Waals surface area (Å²) in [7, 11) is -3.39. The van der Waals surface area contributed by atoms with Gasteiger partial charge in [0.1, 0.15) is 4.75 Å². The van der Waals surface area contributed by atoms with Crippen LogP contribution in [-0.2, 0) is 21.1 Å². The fraction of sp³-hybridized carbons (Fsp3) is 0.417. The van der Waals surface area contributed by atoms with E-state index < -0.39 is 14.6 Å². The fourth-order valence-electron chi connectivity index (χ4n) is 1.25. The van der Waals surface area contributed by atoms with E-state index in [2.05, 4.69) is 15.9 Å². The summed E-state index contributed by atoms with van der Waals surface area (Å²) in [6, 6.07) is 7.30. The van der Waals surface area contributed by atoms with Crippen LogP contribution in [0.25, 0.3) is 0 Å². The number of ketones is 1. The maximum Gasteiger partial charge on any atom is 0.159 e. The van der Waals surface area contributed by atoms with E-state index in [1.807, 2.05) is 18.2 Å². The summed E-state index contributed by atoms with van der Waals surface area (Å²) in [5.41, 5.74) is 0.807. The Morgan fingerprint density at radius 1 is 1.35 bits per heavy atom. The SMILES string of the molecule is CC(C)(C(=O)Cc1cccc(Br)c1)S(C)(=O)=O. The zero-order valence-electron chi connectivity index (χ0n) is 10.0. The van der Waals surface area contributed by atoms with E-state index in [0.29, 0.717) is 0 Å². The predicted octanol–water partition coefficient (Wildman–Crippen LogP) is 2.38. The first-order valence-electron chi connectivity index (χ1n) is 5.12. The minimum atomic E-state index is -3.39. The van der Waals surface area contributed by atoms with Crippen molar-refractivity contribution in [3.05, 3.63) is 34.3 Å². The summed E-state index contributed by atoms with van der Waals surface area (Å²) in [4.78, 5) is 12.0. The Morgan fingerprint density at radius 2 is 1.94 bits per heavy atom. The van der Waals surface area contributed by atoms with Crippen LogP contribution < -0.4 is 0 Å². The molecule has 94 valence electrons. The molecule has 0 saturated heterocycles. The highest BCUT2D eigenvalue weighted by molar-refractivity contribution is 9.10. The Morgan fingerprint density at radius 3 is 2.41 bits per heavy atom. The molecule has 0 bridgehead atoms. The van der Waals surface area contributed by atoms with Gasteiger partial charge in [0.25, 0.3) is 0 Å². The zero-order valence-corrected chi connectivity index (χ0v) is 12.4. The van der Waals surface area contributed by atoms with Crippen molar-refractivity contribution in [3.8, 4) is 0 Å². The molecule has 5 heteroatoms. The molecule has 0 heterocycles. The van der Waals surface area contributed by atoms with Gasteiger partial charge in [-0.15, -0.1) is 0 Å². The van der Waals surface area contributed by atoms with Crippen LogP contribution in [0.2, 0.25) is 0 Å². The smallest absolute Gasteiger partial charge is 0.159 e. The number of Topliss-reactive ketones (excluding diaryl/α,β-unsaturated/α-hetero) is 1. The molecule has 0 aliphatic heterocycles. The Balaban J connectivity index is 2.95. The Bertz CT molecular complexity index is 532. The molecule has 3 nitrogen and oxygen atoms in total. The number of rotatable bonds is 4. The van der Waals surface area contributed by atoms with E-state index >= 15 is 0 Å². The molecule has 17 heavy (non-hydrogen) atoms. The standard InChI is InChI=1S/C12H15BrO3S/c1-12(2,17(3,15)16)11(14)8-9-5-4-6-10(13)7-9/h4-7H,8H2,1-3H3. The average Bonchev–Trinajstić information content (AvgIpc) is 2.15. The average molecular weight is 319 g/mol. The van der Waals surface area contributed by atoms with E-state index in [-0.39, 0.29) is 12.2 Å². The molecule has 0 aromatic heterocycles. The lowest BCUT2D eigenvalue weighted by molar-refractivity contribution is -0.120. The van der Waals surface area contributed by atoms with Crippen molar-refractivity contribution in [1.29, 1.82) is 0 Å². The highest BCUT2D eigenvalue weighted by Gasteiger charge is 2.37. The predicted molar refractivity (Wildman–Crippen MR) is 71.8 cm³/mol. The number of sulfone groups is 1. The molecule has 1 rings (SSSR count). The summed E-state index contributed by atoms with van der Waals surface area (Å²) >= 11 is 3.31. The maximum atomic E-state index is 12.0. The molecule has 1 aromatic carbocycles. The fourth-order valence-corrected chi connectivity index (χ4v) is 2.18. The van der Waals surface area contributed by atoms with E-state index in [0.717, 1.165) is 16.3 Å². The molecule has 0 spiro atoms. The van der Waals surface area contributed by atoms with Crippen LogP contribution in [0.3, 0.4) is 0 Å². The molecular weight excluding hydrogens is 304 g/mol. The minimum absolute atomic E-state index is 0.125. The molecule has 0 N–H and O–H groups in total. The van der Waals surface area contributed by atoms with Crippen molar-refractivity contribution in [3.63, 3.8) is 0 Å². The monoisotopic (exact) mass is 318 g/mol. The number of halogens is 1. The minimum Gasteiger partial charge on any atom is -0.298 e. The van der Waals surface area contributed by atoms with Crippen molar-refractivity contribution in [2.24, 2.45) is 0 Å². The van der Waals surface area contributed by atoms with E-state index in [4.69, 9.17) is 0 Å². The molecule has 0 saturated carbocycles. The lowest BCUT2D eigenvalue weighted by atomic mass is 10.0. The van der Waals surface area contributed by atoms with Crippen LogP contribution in [0.15, 0.2) is 28.7 Å². The van der Waals surface area contributed by atoms with Crippen LogP contribution in [0.4, 0.5) is 0 Å². The van der Waals surface area contributed by atoms with Crippen LogP contribution >= 0.6 is 15.9 Å². The zero-order chi connectivity index (χ0) is 13.3. The molecule has 0 radical (unpaired) electrons. The van der Waals surface area contributed by atoms with Crippen molar-refractivity contribution < 1.29 is 13.2 Å². The van der Waals surface area contributed by atoms with Gasteiger partial charge in [-0.1, -0.05) is 28.1 Å². The third kappa shape index (κ3) is 3.39. The second-order valence-corrected chi connectivity index (χ2v) is 7.99. The summed E-state index contributed by atoms with van der Waals surface area (Å²) in [6.45, 7) is 2.89. The van der Waals surface area contributed by atoms with E-state index in [1.165, 1.54) is 13.8 Å². The van der Waals surface area contributed by atoms with Gasteiger partial charge in [-0.05, 0) is 31.5 Å². The Hall–Kier alpha value is -0.680.